The molecule has 2 radical (unpaired) electrons. The van der Waals surface area contributed by atoms with Crippen LogP contribution in [0.5, 0.6) is 0 Å². The van der Waals surface area contributed by atoms with Crippen LogP contribution in [-0.2, 0) is 10.4 Å². The van der Waals surface area contributed by atoms with E-state index in [0.29, 0.717) is 0 Å². The van der Waals surface area contributed by atoms with Crippen LogP contribution >= 0.6 is 0 Å². The maximum atomic E-state index is 12.3. The van der Waals surface area contributed by atoms with Gasteiger partial charge >= 0.3 is 0 Å². The Labute approximate surface area is 102 Å². The van der Waals surface area contributed by atoms with E-state index in [4.69, 9.17) is 0 Å². The number of hydrogen-bond donors (Lipinski definition) is 0. The summed E-state index contributed by atoms with van der Waals surface area (Å²) in [5.74, 6) is 0. The van der Waals surface area contributed by atoms with Crippen molar-refractivity contribution in [3.63, 3.8) is 0 Å². The Bertz CT molecular complexity index is 383. The summed E-state index contributed by atoms with van der Waals surface area (Å²) in [7, 11) is 0. The van der Waals surface area contributed by atoms with Crippen molar-refractivity contribution in [1.29, 1.82) is 0 Å². The highest BCUT2D eigenvalue weighted by Gasteiger charge is 2.59. The van der Waals surface area contributed by atoms with Gasteiger partial charge in [-0.3, -0.25) is 0 Å². The first kappa shape index (κ1) is 12.5. The number of nitrogens with zero attached hydrogens (tertiary/aromatic N) is 2. The highest BCUT2D eigenvalue weighted by molar-refractivity contribution is 5.22. The van der Waals surface area contributed by atoms with E-state index in [1.165, 1.54) is 0 Å². The Morgan fingerprint density at radius 3 is 1.71 bits per heavy atom. The second-order valence-electron chi connectivity index (χ2n) is 5.55. The van der Waals surface area contributed by atoms with E-state index in [2.05, 4.69) is 0 Å². The zero-order valence-electron chi connectivity index (χ0n) is 10.7. The summed E-state index contributed by atoms with van der Waals surface area (Å²) in [6, 6.07) is 9.19. The number of hydrogen-bond acceptors (Lipinski definition) is 2. The third kappa shape index (κ3) is 1.60. The second kappa shape index (κ2) is 3.78. The fourth-order valence-corrected chi connectivity index (χ4v) is 2.14. The molecule has 0 bridgehead atoms. The first-order chi connectivity index (χ1) is 7.80. The summed E-state index contributed by atoms with van der Waals surface area (Å²) >= 11 is 0. The van der Waals surface area contributed by atoms with E-state index in [0.717, 1.165) is 15.7 Å². The molecule has 0 aromatic heterocycles. The van der Waals surface area contributed by atoms with Gasteiger partial charge in [-0.2, -0.15) is 0 Å². The lowest BCUT2D eigenvalue weighted by atomic mass is 9.84. The number of hydroxylamine groups is 4. The van der Waals surface area contributed by atoms with Gasteiger partial charge in [-0.25, -0.2) is 0 Å². The first-order valence-corrected chi connectivity index (χ1v) is 5.78. The van der Waals surface area contributed by atoms with Crippen molar-refractivity contribution in [3.8, 4) is 0 Å². The molecular formula is C13H18N2O2. The van der Waals surface area contributed by atoms with Gasteiger partial charge < -0.3 is 0 Å². The van der Waals surface area contributed by atoms with Crippen LogP contribution in [0.15, 0.2) is 30.3 Å². The molecule has 0 atom stereocenters. The van der Waals surface area contributed by atoms with Gasteiger partial charge in [0.1, 0.15) is 6.17 Å². The largest absolute Gasteiger partial charge is 0.143 e. The molecule has 2 rings (SSSR count). The minimum absolute atomic E-state index is 0.713. The molecule has 17 heavy (non-hydrogen) atoms. The van der Waals surface area contributed by atoms with Gasteiger partial charge in [-0.15, -0.1) is 20.5 Å². The lowest BCUT2D eigenvalue weighted by molar-refractivity contribution is -0.278. The summed E-state index contributed by atoms with van der Waals surface area (Å²) in [6.45, 7) is 7.25. The van der Waals surface area contributed by atoms with E-state index in [1.807, 2.05) is 58.0 Å². The topological polar surface area (TPSA) is 46.3 Å². The summed E-state index contributed by atoms with van der Waals surface area (Å²) in [5, 5.41) is 26.5. The van der Waals surface area contributed by atoms with Crippen LogP contribution in [0.2, 0.25) is 0 Å². The number of rotatable bonds is 1. The standard InChI is InChI=1S/C13H18N2O2/c1-12(2)13(3,4)15(17)11(14(12)16)10-8-6-5-7-9-10/h5-9,11H,1-4H3. The minimum Gasteiger partial charge on any atom is -0.123 e. The van der Waals surface area contributed by atoms with Crippen LogP contribution in [-0.4, -0.2) is 21.2 Å². The van der Waals surface area contributed by atoms with Crippen molar-refractivity contribution in [1.82, 2.24) is 10.1 Å². The predicted octanol–water partition coefficient (Wildman–Crippen LogP) is 2.55. The fourth-order valence-electron chi connectivity index (χ4n) is 2.14. The van der Waals surface area contributed by atoms with Gasteiger partial charge in [-0.05, 0) is 33.3 Å². The van der Waals surface area contributed by atoms with Gasteiger partial charge in [-0.1, -0.05) is 30.3 Å². The van der Waals surface area contributed by atoms with Gasteiger partial charge in [0, 0.05) is 0 Å². The van der Waals surface area contributed by atoms with Crippen molar-refractivity contribution in [3.05, 3.63) is 35.9 Å². The van der Waals surface area contributed by atoms with Gasteiger partial charge in [0.05, 0.1) is 11.1 Å². The summed E-state index contributed by atoms with van der Waals surface area (Å²) in [5.41, 5.74) is -0.680. The molecule has 0 saturated carbocycles. The Morgan fingerprint density at radius 1 is 0.882 bits per heavy atom. The number of benzene rings is 1. The van der Waals surface area contributed by atoms with Crippen molar-refractivity contribution >= 4 is 0 Å². The molecule has 1 fully saturated rings. The van der Waals surface area contributed by atoms with Crippen molar-refractivity contribution in [2.75, 3.05) is 0 Å². The predicted molar refractivity (Wildman–Crippen MR) is 62.4 cm³/mol. The molecule has 1 aromatic carbocycles. The Balaban J connectivity index is 2.45. The van der Waals surface area contributed by atoms with Crippen LogP contribution < -0.4 is 0 Å². The lowest BCUT2D eigenvalue weighted by Gasteiger charge is -2.36. The van der Waals surface area contributed by atoms with Crippen LogP contribution in [0.4, 0.5) is 0 Å². The normalized spacial score (nSPS) is 25.3. The maximum absolute atomic E-state index is 12.3. The molecule has 1 aromatic rings. The van der Waals surface area contributed by atoms with Crippen LogP contribution in [0.1, 0.15) is 39.4 Å². The van der Waals surface area contributed by atoms with Gasteiger partial charge in [0.15, 0.2) is 0 Å². The zero-order valence-corrected chi connectivity index (χ0v) is 10.7. The molecule has 4 heteroatoms. The van der Waals surface area contributed by atoms with Gasteiger partial charge in [0.25, 0.3) is 0 Å². The molecule has 92 valence electrons. The monoisotopic (exact) mass is 234 g/mol. The minimum atomic E-state index is -0.749. The second-order valence-corrected chi connectivity index (χ2v) is 5.55. The summed E-state index contributed by atoms with van der Waals surface area (Å²) in [4.78, 5) is 0. The van der Waals surface area contributed by atoms with Crippen molar-refractivity contribution in [2.24, 2.45) is 0 Å². The molecule has 0 amide bonds. The fraction of sp³-hybridized carbons (Fsp3) is 0.538. The Morgan fingerprint density at radius 2 is 1.29 bits per heavy atom. The highest BCUT2D eigenvalue weighted by atomic mass is 16.6. The molecule has 0 aliphatic carbocycles. The molecule has 0 N–H and O–H groups in total. The van der Waals surface area contributed by atoms with Crippen molar-refractivity contribution in [2.45, 2.75) is 44.9 Å². The smallest absolute Gasteiger partial charge is 0.123 e. The summed E-state index contributed by atoms with van der Waals surface area (Å²) in [6.07, 6.45) is -0.749. The molecule has 1 saturated heterocycles. The average Bonchev–Trinajstić information content (AvgIpc) is 2.40. The molecule has 0 spiro atoms. The highest BCUT2D eigenvalue weighted by Crippen LogP contribution is 2.47. The molecular weight excluding hydrogens is 216 g/mol. The van der Waals surface area contributed by atoms with Crippen LogP contribution in [0.25, 0.3) is 0 Å². The van der Waals surface area contributed by atoms with E-state index in [-0.39, 0.29) is 0 Å². The maximum Gasteiger partial charge on any atom is 0.143 e. The average molecular weight is 234 g/mol. The molecule has 1 heterocycles. The van der Waals surface area contributed by atoms with E-state index >= 15 is 0 Å². The molecule has 4 nitrogen and oxygen atoms in total. The van der Waals surface area contributed by atoms with E-state index in [1.54, 1.807) is 0 Å². The summed E-state index contributed by atoms with van der Waals surface area (Å²) < 4.78 is 0. The van der Waals surface area contributed by atoms with Crippen LogP contribution in [0.3, 0.4) is 0 Å². The zero-order chi connectivity index (χ0) is 12.8. The van der Waals surface area contributed by atoms with Gasteiger partial charge in [0.2, 0.25) is 0 Å². The Hall–Kier alpha value is -0.940. The quantitative estimate of drug-likeness (QED) is 0.749. The Kier molecular flexibility index (Phi) is 2.78. The first-order valence-electron chi connectivity index (χ1n) is 5.78. The molecule has 1 aliphatic rings. The lowest BCUT2D eigenvalue weighted by Crippen LogP contribution is -2.52. The van der Waals surface area contributed by atoms with Crippen LogP contribution in [0, 0.1) is 0 Å². The van der Waals surface area contributed by atoms with Crippen molar-refractivity contribution < 1.29 is 10.4 Å². The third-order valence-corrected chi connectivity index (χ3v) is 4.14. The molecule has 0 unspecified atom stereocenters. The third-order valence-electron chi connectivity index (χ3n) is 4.14. The van der Waals surface area contributed by atoms with E-state index in [9.17, 15) is 10.4 Å². The van der Waals surface area contributed by atoms with E-state index < -0.39 is 17.2 Å². The molecule has 1 aliphatic heterocycles. The SMILES string of the molecule is CC1(C)N([O])C(c2ccccc2)N([O])C1(C)C.